The summed E-state index contributed by atoms with van der Waals surface area (Å²) >= 11 is 29.7. The minimum atomic E-state index is -1.18. The summed E-state index contributed by atoms with van der Waals surface area (Å²) in [6, 6.07) is 65.5. The van der Waals surface area contributed by atoms with Crippen LogP contribution in [0.1, 0.15) is 103 Å². The molecule has 1 aliphatic heterocycles. The van der Waals surface area contributed by atoms with Crippen molar-refractivity contribution in [2.75, 3.05) is 39.6 Å². The Labute approximate surface area is 749 Å². The van der Waals surface area contributed by atoms with Crippen LogP contribution < -0.4 is 57.1 Å². The number of ketones is 2. The van der Waals surface area contributed by atoms with Crippen LogP contribution in [0.3, 0.4) is 0 Å². The number of carbonyl (C=O) groups is 11. The molecule has 0 spiro atoms. The number of halogens is 6. The second-order valence-corrected chi connectivity index (χ2v) is 29.3. The van der Waals surface area contributed by atoms with Gasteiger partial charge in [0.15, 0.2) is 24.8 Å². The molecule has 9 aromatic rings. The van der Waals surface area contributed by atoms with Crippen molar-refractivity contribution in [3.05, 3.63) is 298 Å². The summed E-state index contributed by atoms with van der Waals surface area (Å²) < 4.78 is 39.3. The van der Waals surface area contributed by atoms with Gasteiger partial charge >= 0.3 is 6.09 Å². The number of hydrogen-bond acceptors (Lipinski definition) is 24. The Morgan fingerprint density at radius 1 is 0.468 bits per heavy atom. The van der Waals surface area contributed by atoms with Gasteiger partial charge in [-0.25, -0.2) is 37.1 Å². The summed E-state index contributed by atoms with van der Waals surface area (Å²) in [5, 5.41) is 56.0. The molecule has 3 unspecified atom stereocenters. The first-order valence-electron chi connectivity index (χ1n) is 37.5. The number of amides is 9. The number of aryl methyl sites for hydroxylation is 1. The molecule has 3 atom stereocenters. The standard InChI is InChI=1S/C18H18N2O6.C16H16BrNO3.C16H16ClNO3.C10H12ClNO3.C10H13NO3.C8H8BrNO3.C8H6Cl2NO3/c21-13-7-8-14(22)16(13)19-17(24)12-6-9-15(23)20(12)18(25)26-10-11-4-2-1-3-5-11;2*17-14-8-6-13(7-9-14)16(12-4-2-1-3-5-12)21-11-10-15(19)18-20;1-7-6-8(11)2-3-9(7)15-5-4-10(13)12-14;1-2-14-9-5-3-8(4-6-9)7-10(12)11-13;9-6-1-3-7(4-2-6)13-5-8(11)10-12;9-5-1-2-7(6(10)3-5)14-4-8(12)11-13/h1-5,12,16H,6-10H2,(H,19,24);2*1-9,16,20H,10-11H2,(H,18,19);2-3,6,14H,4-5H2,1H3,(H,12,13);3-6,13H,2,7H2,1H3,(H,11,12);1-4,12H,5H2,(H,10,11);1-3H,4H2,(H-,11,12,13)/q;;;;;;-1. The number of benzene rings is 9. The maximum Gasteiger partial charge on any atom is 0.417 e. The zero-order chi connectivity index (χ0) is 90.7. The van der Waals surface area contributed by atoms with E-state index in [1.807, 2.05) is 117 Å². The normalized spacial score (nSPS) is 12.7. The molecule has 0 aromatic heterocycles. The number of ether oxygens (including phenoxy) is 7. The molecular weight excluding hydrogens is 1830 g/mol. The van der Waals surface area contributed by atoms with Crippen molar-refractivity contribution in [2.45, 2.75) is 96.1 Å². The van der Waals surface area contributed by atoms with Gasteiger partial charge in [0.25, 0.3) is 5.91 Å². The lowest BCUT2D eigenvalue weighted by Crippen LogP contribution is -2.52. The third-order valence-corrected chi connectivity index (χ3v) is 18.8. The highest BCUT2D eigenvalue weighted by Crippen LogP contribution is 2.31. The highest BCUT2D eigenvalue weighted by Gasteiger charge is 2.44. The third-order valence-electron chi connectivity index (χ3n) is 16.7. The smallest absolute Gasteiger partial charge is 0.417 e. The van der Waals surface area contributed by atoms with Crippen LogP contribution in [-0.2, 0) is 75.2 Å². The average Bonchev–Trinajstić information content (AvgIpc) is 1.65. The van der Waals surface area contributed by atoms with Crippen LogP contribution in [0.15, 0.2) is 233 Å². The summed E-state index contributed by atoms with van der Waals surface area (Å²) in [5.41, 5.74) is 15.4. The molecule has 2 fully saturated rings. The fraction of sp³-hybridized carbons (Fsp3) is 0.244. The SMILES string of the molecule is CCOc1ccc(CC(=O)NO)cc1.Cc1cc(Cl)ccc1OCCC(=O)NO.O=C(CCOC(c1ccccc1)c1ccc(Br)cc1)NO.O=C(CCOC(c1ccccc1)c1ccc(Cl)cc1)NO.O=C(COc1ccc(Br)cc1)NO.O=C(COc1ccc(Cl)cc1Cl)N[O-].O=C1CCC(=O)C1NC(=O)C1CCC(=O)N1C(=O)OCc1ccccc1. The monoisotopic (exact) mass is 1920 g/mol. The van der Waals surface area contributed by atoms with E-state index in [4.69, 9.17) is 106 Å². The highest BCUT2D eigenvalue weighted by atomic mass is 79.9. The van der Waals surface area contributed by atoms with E-state index >= 15 is 0 Å². The molecule has 32 nitrogen and oxygen atoms in total. The molecule has 124 heavy (non-hydrogen) atoms. The number of carbonyl (C=O) groups excluding carboxylic acids is 11. The Hall–Kier alpha value is -11.5. The number of imide groups is 1. The van der Waals surface area contributed by atoms with Crippen LogP contribution in [0.4, 0.5) is 4.79 Å². The molecule has 0 radical (unpaired) electrons. The van der Waals surface area contributed by atoms with Crippen LogP contribution >= 0.6 is 78.3 Å². The number of nitrogens with one attached hydrogen (secondary N) is 7. The van der Waals surface area contributed by atoms with E-state index in [0.29, 0.717) is 38.9 Å². The van der Waals surface area contributed by atoms with E-state index in [1.165, 1.54) is 28.6 Å². The van der Waals surface area contributed by atoms with Gasteiger partial charge in [-0.1, -0.05) is 206 Å². The summed E-state index contributed by atoms with van der Waals surface area (Å²) in [7, 11) is 0. The van der Waals surface area contributed by atoms with Crippen LogP contribution in [0.2, 0.25) is 20.1 Å². The van der Waals surface area contributed by atoms with Gasteiger partial charge in [-0.05, 0) is 156 Å². The van der Waals surface area contributed by atoms with Gasteiger partial charge in [0.05, 0.1) is 57.1 Å². The first-order chi connectivity index (χ1) is 59.6. The van der Waals surface area contributed by atoms with E-state index in [-0.39, 0.29) is 120 Å². The first-order valence-corrected chi connectivity index (χ1v) is 40.6. The Morgan fingerprint density at radius 2 is 0.903 bits per heavy atom. The molecule has 1 saturated heterocycles. The average molecular weight is 1920 g/mol. The van der Waals surface area contributed by atoms with Crippen molar-refractivity contribution in [3.63, 3.8) is 0 Å². The summed E-state index contributed by atoms with van der Waals surface area (Å²) in [6.45, 7) is 4.45. The molecule has 1 heterocycles. The summed E-state index contributed by atoms with van der Waals surface area (Å²) in [6.07, 6.45) is -0.635. The van der Waals surface area contributed by atoms with Crippen molar-refractivity contribution in [1.29, 1.82) is 0 Å². The van der Waals surface area contributed by atoms with Crippen LogP contribution in [0.25, 0.3) is 0 Å². The maximum atomic E-state index is 12.4. The van der Waals surface area contributed by atoms with Gasteiger partial charge in [0.1, 0.15) is 53.9 Å². The maximum absolute atomic E-state index is 12.4. The number of Topliss-reactive ketones (excluding diaryl/α,β-unsaturated/α-hetero) is 2. The van der Waals surface area contributed by atoms with Gasteiger partial charge in [0, 0.05) is 43.3 Å². The van der Waals surface area contributed by atoms with Crippen molar-refractivity contribution in [3.8, 4) is 23.0 Å². The van der Waals surface area contributed by atoms with Crippen LogP contribution in [0.5, 0.6) is 23.0 Å². The Kier molecular flexibility index (Phi) is 48.1. The molecule has 38 heteroatoms. The second-order valence-electron chi connectivity index (χ2n) is 25.7. The quantitative estimate of drug-likeness (QED) is 0.0113. The van der Waals surface area contributed by atoms with Crippen molar-refractivity contribution >= 4 is 143 Å². The molecule has 660 valence electrons. The predicted molar refractivity (Wildman–Crippen MR) is 461 cm³/mol. The lowest BCUT2D eigenvalue weighted by molar-refractivity contribution is -0.136. The Bertz CT molecular complexity index is 4730. The zero-order valence-electron chi connectivity index (χ0n) is 66.5. The van der Waals surface area contributed by atoms with Crippen molar-refractivity contribution < 1.29 is 112 Å². The molecule has 2 aliphatic rings. The molecule has 1 saturated carbocycles. The second kappa shape index (κ2) is 57.8. The van der Waals surface area contributed by atoms with E-state index < -0.39 is 65.4 Å². The number of likely N-dealkylation sites (tertiary alicyclic amines) is 1. The van der Waals surface area contributed by atoms with E-state index in [1.54, 1.807) is 126 Å². The van der Waals surface area contributed by atoms with Crippen LogP contribution in [0, 0.1) is 12.1 Å². The molecular formula is C86H89Br2Cl4N8O24-. The minimum absolute atomic E-state index is 0.0189. The fourth-order valence-corrected chi connectivity index (χ4v) is 12.0. The van der Waals surface area contributed by atoms with Gasteiger partial charge in [-0.3, -0.25) is 74.0 Å². The minimum Gasteiger partial charge on any atom is -0.759 e. The topological polar surface area (TPSA) is 464 Å². The van der Waals surface area contributed by atoms with Gasteiger partial charge in [0.2, 0.25) is 41.4 Å². The van der Waals surface area contributed by atoms with Gasteiger partial charge in [-0.15, -0.1) is 0 Å². The molecule has 9 amide bonds. The Morgan fingerprint density at radius 3 is 1.39 bits per heavy atom. The van der Waals surface area contributed by atoms with Crippen molar-refractivity contribution in [1.82, 2.24) is 43.1 Å². The Balaban J connectivity index is 0.000000261. The van der Waals surface area contributed by atoms with Crippen molar-refractivity contribution in [2.24, 2.45) is 0 Å². The van der Waals surface area contributed by atoms with Crippen LogP contribution in [-0.4, -0.2) is 148 Å². The zero-order valence-corrected chi connectivity index (χ0v) is 72.7. The van der Waals surface area contributed by atoms with Gasteiger partial charge < -0.3 is 49.2 Å². The third kappa shape index (κ3) is 39.0. The first kappa shape index (κ1) is 103. The fourth-order valence-electron chi connectivity index (χ4n) is 10.7. The van der Waals surface area contributed by atoms with E-state index in [9.17, 15) is 57.9 Å². The number of rotatable bonds is 30. The summed E-state index contributed by atoms with van der Waals surface area (Å²) in [4.78, 5) is 126. The van der Waals surface area contributed by atoms with E-state index in [2.05, 4.69) is 37.2 Å². The van der Waals surface area contributed by atoms with E-state index in [0.717, 1.165) is 58.5 Å². The highest BCUT2D eigenvalue weighted by molar-refractivity contribution is 9.10. The predicted octanol–water partition coefficient (Wildman–Crippen LogP) is 13.9. The number of hydrogen-bond donors (Lipinski definition) is 12. The molecule has 11 rings (SSSR count). The number of hydroxylamine groups is 6. The lowest BCUT2D eigenvalue weighted by atomic mass is 10.0. The number of nitrogens with zero attached hydrogens (tertiary/aromatic N) is 1. The largest absolute Gasteiger partial charge is 0.759 e. The lowest BCUT2D eigenvalue weighted by Gasteiger charge is -2.22. The summed E-state index contributed by atoms with van der Waals surface area (Å²) in [5.74, 6) is -2.76. The molecule has 12 N–H and O–H groups in total. The molecule has 9 aromatic carbocycles. The molecule has 0 bridgehead atoms. The van der Waals surface area contributed by atoms with Gasteiger partial charge in [-0.2, -0.15) is 0 Å². The molecule has 1 aliphatic carbocycles.